The quantitative estimate of drug-likeness (QED) is 0.443. The summed E-state index contributed by atoms with van der Waals surface area (Å²) in [5, 5.41) is 16.8. The van der Waals surface area contributed by atoms with E-state index < -0.39 is 0 Å². The van der Waals surface area contributed by atoms with Crippen LogP contribution >= 0.6 is 0 Å². The van der Waals surface area contributed by atoms with Gasteiger partial charge in [0, 0.05) is 6.21 Å². The molecule has 0 N–H and O–H groups in total. The van der Waals surface area contributed by atoms with Gasteiger partial charge in [-0.05, 0) is 0 Å². The topological polar surface area (TPSA) is 63.2 Å². The van der Waals surface area contributed by atoms with E-state index in [0.717, 1.165) is 0 Å². The lowest BCUT2D eigenvalue weighted by atomic mass is 10.4. The van der Waals surface area contributed by atoms with E-state index in [1.54, 1.807) is 6.21 Å². The van der Waals surface area contributed by atoms with Gasteiger partial charge in [0.2, 0.25) is 0 Å². The molecule has 10 heavy (non-hydrogen) atoms. The maximum atomic E-state index is 8.41. The zero-order valence-electron chi connectivity index (χ0n) is 5.15. The van der Waals surface area contributed by atoms with Gasteiger partial charge in [0.25, 0.3) is 0 Å². The fourth-order valence-corrected chi connectivity index (χ4v) is 0.604. The Morgan fingerprint density at radius 3 is 2.90 bits per heavy atom. The summed E-state index contributed by atoms with van der Waals surface area (Å²) in [6.45, 7) is 0.399. The molecular formula is C6H4N4. The third-order valence-corrected chi connectivity index (χ3v) is 1.09. The first kappa shape index (κ1) is 6.31. The molecule has 4 nitrogen and oxygen atoms in total. The third kappa shape index (κ3) is 0.958. The molecule has 0 amide bonds. The minimum absolute atomic E-state index is 0.296. The molecule has 0 spiro atoms. The molecule has 1 heterocycles. The molecule has 0 saturated carbocycles. The summed E-state index contributed by atoms with van der Waals surface area (Å²) in [6, 6.07) is 1.86. The van der Waals surface area contributed by atoms with Crippen molar-refractivity contribution >= 4 is 6.21 Å². The first-order valence-corrected chi connectivity index (χ1v) is 2.67. The number of rotatable bonds is 0. The van der Waals surface area contributed by atoms with Crippen LogP contribution < -0.4 is 0 Å². The van der Waals surface area contributed by atoms with Crippen LogP contribution in [0.4, 0.5) is 0 Å². The van der Waals surface area contributed by atoms with Crippen LogP contribution in [0.25, 0.3) is 0 Å². The molecule has 0 aromatic rings. The van der Waals surface area contributed by atoms with Gasteiger partial charge in [0.15, 0.2) is 6.19 Å². The standard InChI is InChI=1S/C6H4N4/c7-3-6-4-9-1-2-10(6)5-8/h1,4H,2H2. The molecule has 0 unspecified atom stereocenters. The smallest absolute Gasteiger partial charge is 0.185 e. The van der Waals surface area contributed by atoms with Crippen molar-refractivity contribution in [2.24, 2.45) is 4.99 Å². The average molecular weight is 132 g/mol. The van der Waals surface area contributed by atoms with Crippen molar-refractivity contribution in [1.29, 1.82) is 10.5 Å². The molecular weight excluding hydrogens is 128 g/mol. The van der Waals surface area contributed by atoms with Crippen molar-refractivity contribution in [1.82, 2.24) is 4.90 Å². The lowest BCUT2D eigenvalue weighted by molar-refractivity contribution is 0.568. The van der Waals surface area contributed by atoms with Crippen LogP contribution in [-0.2, 0) is 0 Å². The van der Waals surface area contributed by atoms with Crippen molar-refractivity contribution < 1.29 is 0 Å². The van der Waals surface area contributed by atoms with Crippen LogP contribution in [0.15, 0.2) is 16.9 Å². The second-order valence-corrected chi connectivity index (χ2v) is 1.67. The lowest BCUT2D eigenvalue weighted by Gasteiger charge is -2.12. The molecule has 4 heteroatoms. The number of hydrogen-bond donors (Lipinski definition) is 0. The zero-order valence-corrected chi connectivity index (χ0v) is 5.15. The molecule has 0 atom stereocenters. The highest BCUT2D eigenvalue weighted by Crippen LogP contribution is 2.03. The van der Waals surface area contributed by atoms with Crippen LogP contribution in [0.2, 0.25) is 0 Å². The summed E-state index contributed by atoms with van der Waals surface area (Å²) in [7, 11) is 0. The van der Waals surface area contributed by atoms with Crippen LogP contribution in [0.5, 0.6) is 0 Å². The summed E-state index contributed by atoms with van der Waals surface area (Å²) >= 11 is 0. The van der Waals surface area contributed by atoms with Gasteiger partial charge in [-0.25, -0.2) is 0 Å². The van der Waals surface area contributed by atoms with Gasteiger partial charge in [0.1, 0.15) is 11.8 Å². The van der Waals surface area contributed by atoms with Crippen molar-refractivity contribution in [2.75, 3.05) is 6.54 Å². The molecule has 48 valence electrons. The fraction of sp³-hybridized carbons (Fsp3) is 0.167. The van der Waals surface area contributed by atoms with E-state index in [1.165, 1.54) is 11.1 Å². The van der Waals surface area contributed by atoms with Crippen molar-refractivity contribution in [3.8, 4) is 12.3 Å². The van der Waals surface area contributed by atoms with E-state index in [0.29, 0.717) is 12.2 Å². The molecule has 0 aliphatic carbocycles. The number of nitriles is 2. The molecule has 1 rings (SSSR count). The predicted molar refractivity (Wildman–Crippen MR) is 34.5 cm³/mol. The van der Waals surface area contributed by atoms with Crippen LogP contribution in [0.3, 0.4) is 0 Å². The first-order valence-electron chi connectivity index (χ1n) is 2.67. The molecule has 0 fully saturated rings. The number of hydrogen-bond acceptors (Lipinski definition) is 4. The van der Waals surface area contributed by atoms with Gasteiger partial charge in [-0.3, -0.25) is 9.89 Å². The highest BCUT2D eigenvalue weighted by atomic mass is 15.1. The Kier molecular flexibility index (Phi) is 1.67. The minimum atomic E-state index is 0.296. The van der Waals surface area contributed by atoms with Gasteiger partial charge in [-0.1, -0.05) is 0 Å². The largest absolute Gasteiger partial charge is 0.264 e. The Hall–Kier alpha value is -1.81. The van der Waals surface area contributed by atoms with Crippen molar-refractivity contribution in [3.63, 3.8) is 0 Å². The fourth-order valence-electron chi connectivity index (χ4n) is 0.604. The Bertz CT molecular complexity index is 262. The Balaban J connectivity index is 2.86. The van der Waals surface area contributed by atoms with Crippen LogP contribution in [0, 0.1) is 22.8 Å². The van der Waals surface area contributed by atoms with E-state index in [4.69, 9.17) is 10.5 Å². The summed E-state index contributed by atoms with van der Waals surface area (Å²) in [6.07, 6.45) is 4.80. The van der Waals surface area contributed by atoms with Gasteiger partial charge in [-0.15, -0.1) is 0 Å². The van der Waals surface area contributed by atoms with Gasteiger partial charge < -0.3 is 0 Å². The SMILES string of the molecule is N#CC1=CN=CCN1C#N. The van der Waals surface area contributed by atoms with Crippen molar-refractivity contribution in [2.45, 2.75) is 0 Å². The predicted octanol–water partition coefficient (Wildman–Crippen LogP) is 0.219. The molecule has 0 saturated heterocycles. The highest BCUT2D eigenvalue weighted by molar-refractivity contribution is 5.63. The highest BCUT2D eigenvalue weighted by Gasteiger charge is 2.08. The minimum Gasteiger partial charge on any atom is -0.264 e. The van der Waals surface area contributed by atoms with Gasteiger partial charge in [-0.2, -0.15) is 10.5 Å². The summed E-state index contributed by atoms with van der Waals surface area (Å²) in [5.41, 5.74) is 0.296. The number of nitrogens with zero attached hydrogens (tertiary/aromatic N) is 4. The van der Waals surface area contributed by atoms with E-state index in [1.807, 2.05) is 12.3 Å². The van der Waals surface area contributed by atoms with E-state index in [2.05, 4.69) is 4.99 Å². The summed E-state index contributed by atoms with van der Waals surface area (Å²) in [4.78, 5) is 5.00. The Morgan fingerprint density at radius 2 is 2.40 bits per heavy atom. The first-order chi connectivity index (χ1) is 4.88. The lowest BCUT2D eigenvalue weighted by Crippen LogP contribution is -2.20. The molecule has 0 radical (unpaired) electrons. The Morgan fingerprint density at radius 1 is 1.60 bits per heavy atom. The second-order valence-electron chi connectivity index (χ2n) is 1.67. The van der Waals surface area contributed by atoms with Crippen LogP contribution in [0.1, 0.15) is 0 Å². The zero-order chi connectivity index (χ0) is 7.40. The normalized spacial score (nSPS) is 15.4. The molecule has 0 aromatic heterocycles. The maximum absolute atomic E-state index is 8.41. The maximum Gasteiger partial charge on any atom is 0.185 e. The average Bonchev–Trinajstić information content (AvgIpc) is 2.04. The monoisotopic (exact) mass is 132 g/mol. The van der Waals surface area contributed by atoms with E-state index in [9.17, 15) is 0 Å². The van der Waals surface area contributed by atoms with Crippen LogP contribution in [-0.4, -0.2) is 17.7 Å². The van der Waals surface area contributed by atoms with Gasteiger partial charge in [0.05, 0.1) is 12.7 Å². The molecule has 1 aliphatic rings. The van der Waals surface area contributed by atoms with Gasteiger partial charge >= 0.3 is 0 Å². The van der Waals surface area contributed by atoms with Crippen molar-refractivity contribution in [3.05, 3.63) is 11.9 Å². The van der Waals surface area contributed by atoms with E-state index >= 15 is 0 Å². The molecule has 1 aliphatic heterocycles. The van der Waals surface area contributed by atoms with E-state index in [-0.39, 0.29) is 0 Å². The number of allylic oxidation sites excluding steroid dienone is 1. The Labute approximate surface area is 58.3 Å². The third-order valence-electron chi connectivity index (χ3n) is 1.09. The summed E-state index contributed by atoms with van der Waals surface area (Å²) in [5.74, 6) is 0. The summed E-state index contributed by atoms with van der Waals surface area (Å²) < 4.78 is 0. The number of aliphatic imine (C=N–C) groups is 1. The molecule has 0 aromatic carbocycles. The molecule has 0 bridgehead atoms. The second kappa shape index (κ2) is 2.65.